The van der Waals surface area contributed by atoms with Gasteiger partial charge in [-0.1, -0.05) is 23.3 Å². The number of rotatable bonds is 2. The second-order valence-electron chi connectivity index (χ2n) is 3.69. The Morgan fingerprint density at radius 3 is 1.82 bits per heavy atom. The van der Waals surface area contributed by atoms with E-state index in [4.69, 9.17) is 0 Å². The molecule has 0 aromatic carbocycles. The van der Waals surface area contributed by atoms with Crippen molar-refractivity contribution in [3.8, 4) is 0 Å². The van der Waals surface area contributed by atoms with Crippen molar-refractivity contribution in [2.24, 2.45) is 0 Å². The summed E-state index contributed by atoms with van der Waals surface area (Å²) in [6.45, 7) is 0. The van der Waals surface area contributed by atoms with E-state index in [0.29, 0.717) is 0 Å². The van der Waals surface area contributed by atoms with Crippen LogP contribution in [-0.2, 0) is 0 Å². The van der Waals surface area contributed by atoms with Gasteiger partial charge in [0.25, 0.3) is 0 Å². The first-order valence-corrected chi connectivity index (χ1v) is 4.81. The van der Waals surface area contributed by atoms with Crippen molar-refractivity contribution in [2.75, 3.05) is 0 Å². The second-order valence-corrected chi connectivity index (χ2v) is 3.69. The summed E-state index contributed by atoms with van der Waals surface area (Å²) in [5, 5.41) is 0. The number of allylic oxidation sites excluding steroid dienone is 4. The largest absolute Gasteiger partial charge is 0.0850 e. The third-order valence-corrected chi connectivity index (χ3v) is 2.72. The SMILES string of the molecule is C1=C(CC2=CCCC2)CCC1. The van der Waals surface area contributed by atoms with Crippen LogP contribution < -0.4 is 0 Å². The molecule has 0 nitrogen and oxygen atoms in total. The standard InChI is InChI=1S/C11H16/c1-2-6-10(5-1)9-11-7-3-4-8-11/h5,7H,1-4,6,8-9H2. The van der Waals surface area contributed by atoms with Gasteiger partial charge in [0.2, 0.25) is 0 Å². The second kappa shape index (κ2) is 3.25. The lowest BCUT2D eigenvalue weighted by molar-refractivity contribution is 0.852. The maximum absolute atomic E-state index is 2.44. The van der Waals surface area contributed by atoms with E-state index in [1.54, 1.807) is 11.1 Å². The first-order valence-electron chi connectivity index (χ1n) is 4.81. The van der Waals surface area contributed by atoms with Gasteiger partial charge in [-0.05, 0) is 44.9 Å². The van der Waals surface area contributed by atoms with Crippen LogP contribution in [0.2, 0.25) is 0 Å². The molecule has 0 saturated heterocycles. The predicted molar refractivity (Wildman–Crippen MR) is 48.5 cm³/mol. The summed E-state index contributed by atoms with van der Waals surface area (Å²) >= 11 is 0. The van der Waals surface area contributed by atoms with Crippen LogP contribution in [0.15, 0.2) is 23.3 Å². The maximum Gasteiger partial charge on any atom is -0.0108 e. The first kappa shape index (κ1) is 7.15. The lowest BCUT2D eigenvalue weighted by Gasteiger charge is -2.01. The lowest BCUT2D eigenvalue weighted by atomic mass is 10.0. The maximum atomic E-state index is 2.44. The summed E-state index contributed by atoms with van der Waals surface area (Å²) < 4.78 is 0. The van der Waals surface area contributed by atoms with Crippen LogP contribution in [-0.4, -0.2) is 0 Å². The highest BCUT2D eigenvalue weighted by atomic mass is 14.1. The summed E-state index contributed by atoms with van der Waals surface area (Å²) in [6, 6.07) is 0. The summed E-state index contributed by atoms with van der Waals surface area (Å²) in [4.78, 5) is 0. The molecule has 2 rings (SSSR count). The summed E-state index contributed by atoms with van der Waals surface area (Å²) in [5.41, 5.74) is 3.41. The van der Waals surface area contributed by atoms with Gasteiger partial charge >= 0.3 is 0 Å². The van der Waals surface area contributed by atoms with E-state index in [0.717, 1.165) is 0 Å². The van der Waals surface area contributed by atoms with Crippen molar-refractivity contribution >= 4 is 0 Å². The van der Waals surface area contributed by atoms with E-state index < -0.39 is 0 Å². The highest BCUT2D eigenvalue weighted by molar-refractivity contribution is 5.20. The molecule has 0 heteroatoms. The lowest BCUT2D eigenvalue weighted by Crippen LogP contribution is -1.81. The fraction of sp³-hybridized carbons (Fsp3) is 0.636. The predicted octanol–water partition coefficient (Wildman–Crippen LogP) is 3.60. The molecule has 2 aliphatic carbocycles. The van der Waals surface area contributed by atoms with Crippen molar-refractivity contribution in [1.82, 2.24) is 0 Å². The molecule has 0 amide bonds. The van der Waals surface area contributed by atoms with Crippen molar-refractivity contribution in [2.45, 2.75) is 44.9 Å². The molecule has 2 aliphatic rings. The molecule has 0 radical (unpaired) electrons. The Labute approximate surface area is 69.0 Å². The Balaban J connectivity index is 1.89. The molecule has 0 aromatic rings. The normalized spacial score (nSPS) is 23.6. The van der Waals surface area contributed by atoms with Gasteiger partial charge in [0.05, 0.1) is 0 Å². The molecule has 0 aromatic heterocycles. The van der Waals surface area contributed by atoms with Crippen LogP contribution in [0.1, 0.15) is 44.9 Å². The fourth-order valence-electron chi connectivity index (χ4n) is 2.09. The van der Waals surface area contributed by atoms with Gasteiger partial charge < -0.3 is 0 Å². The molecule has 11 heavy (non-hydrogen) atoms. The van der Waals surface area contributed by atoms with E-state index in [1.807, 2.05) is 0 Å². The van der Waals surface area contributed by atoms with Crippen molar-refractivity contribution in [3.63, 3.8) is 0 Å². The minimum absolute atomic E-state index is 1.31. The molecule has 0 heterocycles. The van der Waals surface area contributed by atoms with Crippen LogP contribution >= 0.6 is 0 Å². The highest BCUT2D eigenvalue weighted by Crippen LogP contribution is 2.29. The van der Waals surface area contributed by atoms with Gasteiger partial charge in [0, 0.05) is 0 Å². The highest BCUT2D eigenvalue weighted by Gasteiger charge is 2.09. The third kappa shape index (κ3) is 1.74. The molecule has 0 bridgehead atoms. The topological polar surface area (TPSA) is 0 Å². The molecule has 0 spiro atoms. The van der Waals surface area contributed by atoms with Crippen molar-refractivity contribution in [3.05, 3.63) is 23.3 Å². The fourth-order valence-corrected chi connectivity index (χ4v) is 2.09. The van der Waals surface area contributed by atoms with E-state index in [2.05, 4.69) is 12.2 Å². The van der Waals surface area contributed by atoms with Crippen molar-refractivity contribution < 1.29 is 0 Å². The van der Waals surface area contributed by atoms with Crippen LogP contribution in [0.5, 0.6) is 0 Å². The smallest absolute Gasteiger partial charge is 0.0108 e. The molecule has 0 atom stereocenters. The molecule has 0 unspecified atom stereocenters. The zero-order chi connectivity index (χ0) is 7.52. The quantitative estimate of drug-likeness (QED) is 0.525. The first-order chi connectivity index (χ1) is 5.45. The number of hydrogen-bond acceptors (Lipinski definition) is 0. The van der Waals surface area contributed by atoms with Crippen LogP contribution in [0.3, 0.4) is 0 Å². The van der Waals surface area contributed by atoms with Gasteiger partial charge in [-0.2, -0.15) is 0 Å². The summed E-state index contributed by atoms with van der Waals surface area (Å²) in [7, 11) is 0. The third-order valence-electron chi connectivity index (χ3n) is 2.72. The molecule has 0 aliphatic heterocycles. The average Bonchev–Trinajstić information content (AvgIpc) is 2.60. The summed E-state index contributed by atoms with van der Waals surface area (Å²) in [5.74, 6) is 0. The zero-order valence-electron chi connectivity index (χ0n) is 7.10. The van der Waals surface area contributed by atoms with Gasteiger partial charge in [-0.3, -0.25) is 0 Å². The van der Waals surface area contributed by atoms with Crippen molar-refractivity contribution in [1.29, 1.82) is 0 Å². The van der Waals surface area contributed by atoms with E-state index >= 15 is 0 Å². The summed E-state index contributed by atoms with van der Waals surface area (Å²) in [6.07, 6.45) is 14.4. The van der Waals surface area contributed by atoms with E-state index in [1.165, 1.54) is 44.9 Å². The minimum atomic E-state index is 1.31. The van der Waals surface area contributed by atoms with Crippen LogP contribution in [0.4, 0.5) is 0 Å². The molecule has 0 saturated carbocycles. The Kier molecular flexibility index (Phi) is 2.11. The zero-order valence-corrected chi connectivity index (χ0v) is 7.10. The van der Waals surface area contributed by atoms with Gasteiger partial charge in [-0.25, -0.2) is 0 Å². The molecular formula is C11H16. The minimum Gasteiger partial charge on any atom is -0.0850 e. The van der Waals surface area contributed by atoms with Crippen LogP contribution in [0, 0.1) is 0 Å². The molecular weight excluding hydrogens is 132 g/mol. The molecule has 60 valence electrons. The Morgan fingerprint density at radius 2 is 1.45 bits per heavy atom. The number of hydrogen-bond donors (Lipinski definition) is 0. The van der Waals surface area contributed by atoms with Gasteiger partial charge in [0.15, 0.2) is 0 Å². The monoisotopic (exact) mass is 148 g/mol. The molecule has 0 N–H and O–H groups in total. The molecule has 0 fully saturated rings. The van der Waals surface area contributed by atoms with Crippen LogP contribution in [0.25, 0.3) is 0 Å². The van der Waals surface area contributed by atoms with Gasteiger partial charge in [0.1, 0.15) is 0 Å². The van der Waals surface area contributed by atoms with E-state index in [-0.39, 0.29) is 0 Å². The van der Waals surface area contributed by atoms with E-state index in [9.17, 15) is 0 Å². The Morgan fingerprint density at radius 1 is 0.909 bits per heavy atom. The van der Waals surface area contributed by atoms with Gasteiger partial charge in [-0.15, -0.1) is 0 Å². The Bertz CT molecular complexity index is 174. The Hall–Kier alpha value is -0.520. The average molecular weight is 148 g/mol.